The molecule has 118 valence electrons. The van der Waals surface area contributed by atoms with Crippen LogP contribution in [0.1, 0.15) is 0 Å². The molecule has 0 saturated carbocycles. The molecule has 0 amide bonds. The van der Waals surface area contributed by atoms with Gasteiger partial charge >= 0.3 is 0 Å². The zero-order valence-corrected chi connectivity index (χ0v) is 14.5. The standard InChI is InChI=1S/C22H21NP/c1-4-12-20(13-5-1)24(23-18-10-11-19-23,21-14-6-2-7-15-21)22-16-8-3-9-17-22/h1-17H,18-19H2/q+1. The van der Waals surface area contributed by atoms with Gasteiger partial charge in [-0.1, -0.05) is 66.7 Å². The van der Waals surface area contributed by atoms with Gasteiger partial charge in [0.15, 0.2) is 7.41 Å². The second-order valence-corrected chi connectivity index (χ2v) is 9.37. The molecule has 24 heavy (non-hydrogen) atoms. The van der Waals surface area contributed by atoms with Crippen LogP contribution in [0.25, 0.3) is 0 Å². The maximum atomic E-state index is 2.66. The molecule has 1 aliphatic heterocycles. The summed E-state index contributed by atoms with van der Waals surface area (Å²) in [6.07, 6.45) is 4.59. The highest BCUT2D eigenvalue weighted by Gasteiger charge is 2.51. The van der Waals surface area contributed by atoms with E-state index in [0.717, 1.165) is 13.1 Å². The van der Waals surface area contributed by atoms with E-state index in [1.165, 1.54) is 15.9 Å². The van der Waals surface area contributed by atoms with Crippen LogP contribution in [0.5, 0.6) is 0 Å². The minimum Gasteiger partial charge on any atom is -0.158 e. The third-order valence-electron chi connectivity index (χ3n) is 4.61. The lowest BCUT2D eigenvalue weighted by molar-refractivity contribution is 0.591. The van der Waals surface area contributed by atoms with Crippen molar-refractivity contribution in [2.24, 2.45) is 0 Å². The van der Waals surface area contributed by atoms with Gasteiger partial charge in [-0.25, -0.2) is 0 Å². The Labute approximate surface area is 144 Å². The lowest BCUT2D eigenvalue weighted by Gasteiger charge is -2.34. The Bertz CT molecular complexity index is 708. The summed E-state index contributed by atoms with van der Waals surface area (Å²) in [5.74, 6) is 0. The van der Waals surface area contributed by atoms with Crippen molar-refractivity contribution < 1.29 is 0 Å². The van der Waals surface area contributed by atoms with Crippen LogP contribution in [-0.4, -0.2) is 17.8 Å². The SMILES string of the molecule is C1=CCN([P+](c2ccccc2)(c2ccccc2)c2ccccc2)C1. The van der Waals surface area contributed by atoms with Gasteiger partial charge in [0.25, 0.3) is 0 Å². The number of hydrogen-bond acceptors (Lipinski definition) is 1. The van der Waals surface area contributed by atoms with E-state index >= 15 is 0 Å². The van der Waals surface area contributed by atoms with Gasteiger partial charge in [-0.15, -0.1) is 0 Å². The van der Waals surface area contributed by atoms with Crippen molar-refractivity contribution in [2.45, 2.75) is 0 Å². The fraction of sp³-hybridized carbons (Fsp3) is 0.0909. The Kier molecular flexibility index (Phi) is 4.30. The smallest absolute Gasteiger partial charge is 0.158 e. The highest BCUT2D eigenvalue weighted by atomic mass is 31.2. The third-order valence-corrected chi connectivity index (χ3v) is 8.92. The molecule has 0 radical (unpaired) electrons. The lowest BCUT2D eigenvalue weighted by atomic mass is 10.4. The quantitative estimate of drug-likeness (QED) is 0.520. The van der Waals surface area contributed by atoms with E-state index in [2.05, 4.69) is 108 Å². The molecular weight excluding hydrogens is 309 g/mol. The molecule has 4 rings (SSSR count). The van der Waals surface area contributed by atoms with Crippen LogP contribution >= 0.6 is 7.41 Å². The van der Waals surface area contributed by atoms with E-state index in [1.807, 2.05) is 0 Å². The predicted molar refractivity (Wildman–Crippen MR) is 106 cm³/mol. The Morgan fingerprint density at radius 2 is 0.833 bits per heavy atom. The summed E-state index contributed by atoms with van der Waals surface area (Å²) in [7, 11) is -1.83. The van der Waals surface area contributed by atoms with E-state index < -0.39 is 7.41 Å². The first-order chi connectivity index (χ1) is 11.9. The Morgan fingerprint density at radius 1 is 0.500 bits per heavy atom. The lowest BCUT2D eigenvalue weighted by Crippen LogP contribution is -2.42. The van der Waals surface area contributed by atoms with Crippen molar-refractivity contribution in [1.29, 1.82) is 0 Å². The number of benzene rings is 3. The summed E-state index contributed by atoms with van der Waals surface area (Å²) in [4.78, 5) is 0. The topological polar surface area (TPSA) is 3.24 Å². The summed E-state index contributed by atoms with van der Waals surface area (Å²) in [6, 6.07) is 33.1. The van der Waals surface area contributed by atoms with Crippen LogP contribution in [0.15, 0.2) is 103 Å². The van der Waals surface area contributed by atoms with Gasteiger partial charge in [-0.3, -0.25) is 0 Å². The van der Waals surface area contributed by atoms with Crippen molar-refractivity contribution in [3.63, 3.8) is 0 Å². The van der Waals surface area contributed by atoms with Crippen LogP contribution in [0.3, 0.4) is 0 Å². The molecule has 0 unspecified atom stereocenters. The summed E-state index contributed by atoms with van der Waals surface area (Å²) in [6.45, 7) is 2.01. The van der Waals surface area contributed by atoms with E-state index in [0.29, 0.717) is 0 Å². The summed E-state index contributed by atoms with van der Waals surface area (Å²) in [5, 5.41) is 4.27. The van der Waals surface area contributed by atoms with Gasteiger partial charge in [0, 0.05) is 0 Å². The van der Waals surface area contributed by atoms with E-state index in [4.69, 9.17) is 0 Å². The van der Waals surface area contributed by atoms with Crippen LogP contribution in [-0.2, 0) is 0 Å². The fourth-order valence-electron chi connectivity index (χ4n) is 3.58. The van der Waals surface area contributed by atoms with Gasteiger partial charge in [0.2, 0.25) is 0 Å². The third kappa shape index (κ3) is 2.51. The average molecular weight is 330 g/mol. The van der Waals surface area contributed by atoms with Gasteiger partial charge in [-0.05, 0) is 36.4 Å². The Balaban J connectivity index is 2.03. The molecule has 0 aliphatic carbocycles. The molecule has 0 spiro atoms. The maximum absolute atomic E-state index is 2.66. The first-order valence-electron chi connectivity index (χ1n) is 8.39. The van der Waals surface area contributed by atoms with Crippen LogP contribution in [0.4, 0.5) is 0 Å². The molecule has 0 saturated heterocycles. The molecule has 1 aliphatic rings. The van der Waals surface area contributed by atoms with Gasteiger partial charge < -0.3 is 0 Å². The molecule has 0 atom stereocenters. The summed E-state index contributed by atoms with van der Waals surface area (Å²) < 4.78 is 2.66. The zero-order valence-electron chi connectivity index (χ0n) is 13.6. The normalized spacial score (nSPS) is 14.8. The maximum Gasteiger partial charge on any atom is 0.181 e. The van der Waals surface area contributed by atoms with Crippen molar-refractivity contribution in [2.75, 3.05) is 13.1 Å². The van der Waals surface area contributed by atoms with Crippen LogP contribution < -0.4 is 15.9 Å². The summed E-state index contributed by atoms with van der Waals surface area (Å²) in [5.41, 5.74) is 0. The Hall–Kier alpha value is -2.21. The minimum atomic E-state index is -1.83. The summed E-state index contributed by atoms with van der Waals surface area (Å²) >= 11 is 0. The van der Waals surface area contributed by atoms with Crippen molar-refractivity contribution in [3.05, 3.63) is 103 Å². The number of hydrogen-bond donors (Lipinski definition) is 0. The van der Waals surface area contributed by atoms with Crippen LogP contribution in [0.2, 0.25) is 0 Å². The highest BCUT2D eigenvalue weighted by Crippen LogP contribution is 2.59. The second kappa shape index (κ2) is 6.73. The minimum absolute atomic E-state index is 1.01. The molecular formula is C22H21NP+. The van der Waals surface area contributed by atoms with E-state index in [-0.39, 0.29) is 0 Å². The molecule has 2 heteroatoms. The molecule has 0 bridgehead atoms. The first kappa shape index (κ1) is 15.3. The zero-order chi connectivity index (χ0) is 16.2. The second-order valence-electron chi connectivity index (χ2n) is 5.99. The van der Waals surface area contributed by atoms with Gasteiger partial charge in [0.1, 0.15) is 15.9 Å². The average Bonchev–Trinajstić information content (AvgIpc) is 3.20. The fourth-order valence-corrected chi connectivity index (χ4v) is 7.94. The molecule has 1 heterocycles. The van der Waals surface area contributed by atoms with Crippen LogP contribution in [0, 0.1) is 0 Å². The van der Waals surface area contributed by atoms with Crippen molar-refractivity contribution in [3.8, 4) is 0 Å². The molecule has 0 aromatic heterocycles. The largest absolute Gasteiger partial charge is 0.181 e. The number of rotatable bonds is 4. The first-order valence-corrected chi connectivity index (χ1v) is 10.1. The molecule has 3 aromatic rings. The van der Waals surface area contributed by atoms with E-state index in [1.54, 1.807) is 0 Å². The number of nitrogens with zero attached hydrogens (tertiary/aromatic N) is 1. The van der Waals surface area contributed by atoms with Gasteiger partial charge in [-0.2, -0.15) is 4.67 Å². The monoisotopic (exact) mass is 330 g/mol. The molecule has 0 fully saturated rings. The predicted octanol–water partition coefficient (Wildman–Crippen LogP) is 3.77. The molecule has 0 N–H and O–H groups in total. The van der Waals surface area contributed by atoms with Crippen molar-refractivity contribution >= 4 is 23.3 Å². The Morgan fingerprint density at radius 3 is 1.17 bits per heavy atom. The highest BCUT2D eigenvalue weighted by molar-refractivity contribution is 7.93. The van der Waals surface area contributed by atoms with E-state index in [9.17, 15) is 0 Å². The van der Waals surface area contributed by atoms with Gasteiger partial charge in [0.05, 0.1) is 13.1 Å². The molecule has 1 nitrogen and oxygen atoms in total. The molecule has 3 aromatic carbocycles. The van der Waals surface area contributed by atoms with Crippen molar-refractivity contribution in [1.82, 2.24) is 4.67 Å².